The van der Waals surface area contributed by atoms with Gasteiger partial charge in [-0.25, -0.2) is 9.78 Å². The van der Waals surface area contributed by atoms with E-state index >= 15 is 0 Å². The number of amides is 1. The Morgan fingerprint density at radius 2 is 2.07 bits per heavy atom. The summed E-state index contributed by atoms with van der Waals surface area (Å²) >= 11 is 0. The van der Waals surface area contributed by atoms with E-state index in [0.717, 1.165) is 26.2 Å². The molecule has 2 saturated heterocycles. The maximum Gasteiger partial charge on any atom is 0.415 e. The predicted molar refractivity (Wildman–Crippen MR) is 114 cm³/mol. The van der Waals surface area contributed by atoms with E-state index in [1.807, 2.05) is 0 Å². The SMILES string of the molecule is CC(Nc1nccc(N2CCOC2=O)n1)c1ccc(CN2CCNC3(CC3)C2)cc1. The summed E-state index contributed by atoms with van der Waals surface area (Å²) in [6.45, 7) is 7.35. The Labute approximate surface area is 176 Å². The fraction of sp³-hybridized carbons (Fsp3) is 0.500. The second-order valence-electron chi connectivity index (χ2n) is 8.53. The second kappa shape index (κ2) is 7.85. The molecule has 0 radical (unpaired) electrons. The van der Waals surface area contributed by atoms with Gasteiger partial charge in [0.2, 0.25) is 5.95 Å². The molecular weight excluding hydrogens is 380 g/mol. The van der Waals surface area contributed by atoms with E-state index in [2.05, 4.69) is 56.7 Å². The van der Waals surface area contributed by atoms with Crippen LogP contribution >= 0.6 is 0 Å². The Balaban J connectivity index is 1.20. The van der Waals surface area contributed by atoms with Crippen molar-refractivity contribution >= 4 is 17.9 Å². The number of nitrogens with one attached hydrogen (secondary N) is 2. The maximum atomic E-state index is 11.8. The first-order chi connectivity index (χ1) is 14.6. The average Bonchev–Trinajstić information content (AvgIpc) is 3.34. The minimum atomic E-state index is -0.361. The van der Waals surface area contributed by atoms with Crippen LogP contribution < -0.4 is 15.5 Å². The molecule has 2 aliphatic heterocycles. The number of benzene rings is 1. The molecule has 3 aliphatic rings. The summed E-state index contributed by atoms with van der Waals surface area (Å²) in [5.41, 5.74) is 2.93. The van der Waals surface area contributed by atoms with Crippen LogP contribution in [-0.2, 0) is 11.3 Å². The van der Waals surface area contributed by atoms with Crippen LogP contribution in [-0.4, -0.2) is 59.3 Å². The number of piperazine rings is 1. The topological polar surface area (TPSA) is 82.6 Å². The zero-order valence-corrected chi connectivity index (χ0v) is 17.3. The van der Waals surface area contributed by atoms with Gasteiger partial charge in [-0.2, -0.15) is 4.98 Å². The summed E-state index contributed by atoms with van der Waals surface area (Å²) in [4.78, 5) is 24.6. The normalized spacial score (nSPS) is 21.5. The lowest BCUT2D eigenvalue weighted by Crippen LogP contribution is -2.51. The number of hydrogen-bond acceptors (Lipinski definition) is 7. The summed E-state index contributed by atoms with van der Waals surface area (Å²) in [6.07, 6.45) is 3.92. The van der Waals surface area contributed by atoms with Gasteiger partial charge in [0.25, 0.3) is 0 Å². The van der Waals surface area contributed by atoms with Crippen molar-refractivity contribution in [1.82, 2.24) is 20.2 Å². The molecule has 2 aromatic rings. The second-order valence-corrected chi connectivity index (χ2v) is 8.53. The highest BCUT2D eigenvalue weighted by Gasteiger charge is 2.45. The van der Waals surface area contributed by atoms with Crippen LogP contribution in [0.15, 0.2) is 36.5 Å². The van der Waals surface area contributed by atoms with Crippen molar-refractivity contribution in [2.75, 3.05) is 43.0 Å². The number of ether oxygens (including phenoxy) is 1. The molecule has 1 spiro atoms. The molecule has 1 aliphatic carbocycles. The zero-order chi connectivity index (χ0) is 20.6. The lowest BCUT2D eigenvalue weighted by molar-refractivity contribution is 0.181. The predicted octanol–water partition coefficient (Wildman–Crippen LogP) is 2.54. The fourth-order valence-electron chi connectivity index (χ4n) is 4.28. The van der Waals surface area contributed by atoms with Crippen LogP contribution in [0, 0.1) is 0 Å². The molecule has 8 heteroatoms. The van der Waals surface area contributed by atoms with Crippen molar-refractivity contribution in [3.8, 4) is 0 Å². The van der Waals surface area contributed by atoms with E-state index in [9.17, 15) is 4.79 Å². The summed E-state index contributed by atoms with van der Waals surface area (Å²) in [6, 6.07) is 10.5. The number of carbonyl (C=O) groups is 1. The number of carbonyl (C=O) groups excluding carboxylic acids is 1. The van der Waals surface area contributed by atoms with Crippen molar-refractivity contribution in [1.29, 1.82) is 0 Å². The molecular formula is C22H28N6O2. The van der Waals surface area contributed by atoms with Gasteiger partial charge in [0.1, 0.15) is 12.4 Å². The van der Waals surface area contributed by atoms with Crippen molar-refractivity contribution in [2.24, 2.45) is 0 Å². The van der Waals surface area contributed by atoms with E-state index in [4.69, 9.17) is 4.74 Å². The van der Waals surface area contributed by atoms with E-state index in [1.165, 1.54) is 28.9 Å². The first-order valence-corrected chi connectivity index (χ1v) is 10.7. The molecule has 30 heavy (non-hydrogen) atoms. The van der Waals surface area contributed by atoms with Crippen molar-refractivity contribution < 1.29 is 9.53 Å². The van der Waals surface area contributed by atoms with E-state index in [1.54, 1.807) is 12.3 Å². The minimum absolute atomic E-state index is 0.0498. The van der Waals surface area contributed by atoms with Gasteiger partial charge in [0, 0.05) is 37.9 Å². The van der Waals surface area contributed by atoms with Crippen LogP contribution in [0.25, 0.3) is 0 Å². The average molecular weight is 409 g/mol. The molecule has 1 unspecified atom stereocenters. The van der Waals surface area contributed by atoms with Crippen molar-refractivity contribution in [3.05, 3.63) is 47.7 Å². The third-order valence-corrected chi connectivity index (χ3v) is 6.22. The summed E-state index contributed by atoms with van der Waals surface area (Å²) in [5, 5.41) is 7.00. The number of aromatic nitrogens is 2. The first kappa shape index (κ1) is 19.3. The van der Waals surface area contributed by atoms with Gasteiger partial charge in [0.05, 0.1) is 12.6 Å². The Hall–Kier alpha value is -2.71. The molecule has 3 fully saturated rings. The molecule has 5 rings (SSSR count). The highest BCUT2D eigenvalue weighted by atomic mass is 16.6. The van der Waals surface area contributed by atoms with Gasteiger partial charge in [-0.15, -0.1) is 0 Å². The van der Waals surface area contributed by atoms with E-state index in [-0.39, 0.29) is 12.1 Å². The largest absolute Gasteiger partial charge is 0.447 e. The third-order valence-electron chi connectivity index (χ3n) is 6.22. The Kier molecular flexibility index (Phi) is 5.04. The quantitative estimate of drug-likeness (QED) is 0.760. The van der Waals surface area contributed by atoms with E-state index in [0.29, 0.717) is 30.5 Å². The highest BCUT2D eigenvalue weighted by Crippen LogP contribution is 2.37. The molecule has 0 bridgehead atoms. The molecule has 1 atom stereocenters. The number of cyclic esters (lactones) is 1. The smallest absolute Gasteiger partial charge is 0.415 e. The first-order valence-electron chi connectivity index (χ1n) is 10.7. The maximum absolute atomic E-state index is 11.8. The molecule has 3 heterocycles. The summed E-state index contributed by atoms with van der Waals surface area (Å²) in [7, 11) is 0. The Bertz CT molecular complexity index is 914. The molecule has 2 N–H and O–H groups in total. The van der Waals surface area contributed by atoms with Crippen LogP contribution in [0.1, 0.15) is 36.9 Å². The number of anilines is 2. The molecule has 158 valence electrons. The van der Waals surface area contributed by atoms with Crippen LogP contribution in [0.5, 0.6) is 0 Å². The minimum Gasteiger partial charge on any atom is -0.447 e. The summed E-state index contributed by atoms with van der Waals surface area (Å²) < 4.78 is 4.99. The molecule has 1 amide bonds. The highest BCUT2D eigenvalue weighted by molar-refractivity contribution is 5.88. The van der Waals surface area contributed by atoms with Crippen LogP contribution in [0.4, 0.5) is 16.6 Å². The van der Waals surface area contributed by atoms with Crippen LogP contribution in [0.2, 0.25) is 0 Å². The zero-order valence-electron chi connectivity index (χ0n) is 17.3. The van der Waals surface area contributed by atoms with Crippen LogP contribution in [0.3, 0.4) is 0 Å². The lowest BCUT2D eigenvalue weighted by atomic mass is 10.1. The van der Waals surface area contributed by atoms with Gasteiger partial charge in [-0.1, -0.05) is 24.3 Å². The molecule has 8 nitrogen and oxygen atoms in total. The van der Waals surface area contributed by atoms with Gasteiger partial charge < -0.3 is 15.4 Å². The third kappa shape index (κ3) is 4.11. The molecule has 1 aromatic heterocycles. The monoisotopic (exact) mass is 408 g/mol. The summed E-state index contributed by atoms with van der Waals surface area (Å²) in [5.74, 6) is 1.06. The van der Waals surface area contributed by atoms with Gasteiger partial charge in [0.15, 0.2) is 0 Å². The van der Waals surface area contributed by atoms with Gasteiger partial charge in [-0.3, -0.25) is 9.80 Å². The van der Waals surface area contributed by atoms with Crippen molar-refractivity contribution in [3.63, 3.8) is 0 Å². The van der Waals surface area contributed by atoms with Gasteiger partial charge in [-0.05, 0) is 37.0 Å². The number of rotatable bonds is 6. The standard InChI is InChI=1S/C22H28N6O2/c1-16(25-20-23-9-6-19(26-20)28-12-13-30-21(28)29)18-4-2-17(3-5-18)14-27-11-10-24-22(15-27)7-8-22/h2-6,9,16,24H,7-8,10-15H2,1H3,(H,23,25,26). The van der Waals surface area contributed by atoms with Crippen molar-refractivity contribution in [2.45, 2.75) is 37.9 Å². The van der Waals surface area contributed by atoms with Gasteiger partial charge >= 0.3 is 6.09 Å². The number of nitrogens with zero attached hydrogens (tertiary/aromatic N) is 4. The number of hydrogen-bond donors (Lipinski definition) is 2. The fourth-order valence-corrected chi connectivity index (χ4v) is 4.28. The molecule has 1 aromatic carbocycles. The molecule has 1 saturated carbocycles. The Morgan fingerprint density at radius 3 is 2.80 bits per heavy atom. The van der Waals surface area contributed by atoms with E-state index < -0.39 is 0 Å². The Morgan fingerprint density at radius 1 is 1.23 bits per heavy atom. The lowest BCUT2D eigenvalue weighted by Gasteiger charge is -2.34.